The lowest BCUT2D eigenvalue weighted by Crippen LogP contribution is -2.00. The molecule has 106 valence electrons. The van der Waals surface area contributed by atoms with E-state index in [1.807, 2.05) is 6.07 Å². The minimum Gasteiger partial charge on any atom is -0.395 e. The number of hydrogen-bond acceptors (Lipinski definition) is 3. The largest absolute Gasteiger partial charge is 0.584 e. The van der Waals surface area contributed by atoms with Gasteiger partial charge in [-0.05, 0) is 29.8 Å². The highest BCUT2D eigenvalue weighted by atomic mass is 79.9. The van der Waals surface area contributed by atoms with Crippen LogP contribution in [-0.2, 0) is 9.90 Å². The smallest absolute Gasteiger partial charge is 0.395 e. The third kappa shape index (κ3) is 4.25. The van der Waals surface area contributed by atoms with Crippen molar-refractivity contribution < 1.29 is 18.5 Å². The van der Waals surface area contributed by atoms with Gasteiger partial charge in [0.05, 0.1) is 5.02 Å². The molecule has 0 heterocycles. The molecule has 0 spiro atoms. The van der Waals surface area contributed by atoms with E-state index in [0.717, 1.165) is 5.56 Å². The molecule has 0 aliphatic heterocycles. The van der Waals surface area contributed by atoms with Crippen molar-refractivity contribution in [1.82, 2.24) is 0 Å². The number of hydrogen-bond donors (Lipinski definition) is 1. The van der Waals surface area contributed by atoms with Gasteiger partial charge in [-0.3, -0.25) is 4.89 Å². The molecule has 0 aromatic heterocycles. The van der Waals surface area contributed by atoms with E-state index in [4.69, 9.17) is 20.6 Å². The lowest BCUT2D eigenvalue weighted by molar-refractivity contribution is 0.291. The molecule has 0 radical (unpaired) electrons. The molecule has 0 aliphatic carbocycles. The van der Waals surface area contributed by atoms with E-state index >= 15 is 0 Å². The normalized spacial score (nSPS) is 13.6. The number of para-hydroxylation sites is 1. The zero-order valence-electron chi connectivity index (χ0n) is 10.2. The Morgan fingerprint density at radius 3 is 2.60 bits per heavy atom. The number of halogens is 2. The van der Waals surface area contributed by atoms with Gasteiger partial charge in [-0.25, -0.2) is 4.57 Å². The van der Waals surface area contributed by atoms with Crippen molar-refractivity contribution in [3.63, 3.8) is 0 Å². The molecule has 0 amide bonds. The fraction of sp³-hybridized carbons (Fsp3) is 0.0769. The van der Waals surface area contributed by atoms with Crippen molar-refractivity contribution >= 4 is 35.4 Å². The summed E-state index contributed by atoms with van der Waals surface area (Å²) in [4.78, 5) is 9.75. The van der Waals surface area contributed by atoms with E-state index in [2.05, 4.69) is 15.9 Å². The topological polar surface area (TPSA) is 55.8 Å². The van der Waals surface area contributed by atoms with Crippen LogP contribution in [0, 0.1) is 0 Å². The summed E-state index contributed by atoms with van der Waals surface area (Å²) in [6, 6.07) is 13.2. The molecule has 2 aromatic carbocycles. The zero-order valence-corrected chi connectivity index (χ0v) is 13.4. The first-order valence-corrected chi connectivity index (χ1v) is 8.61. The Morgan fingerprint density at radius 1 is 1.15 bits per heavy atom. The summed E-state index contributed by atoms with van der Waals surface area (Å²) in [5.74, 6) is 0.344. The summed E-state index contributed by atoms with van der Waals surface area (Å²) in [6.07, 6.45) is 0. The molecule has 1 unspecified atom stereocenters. The first kappa shape index (κ1) is 15.4. The van der Waals surface area contributed by atoms with Crippen LogP contribution in [-0.4, -0.2) is 4.89 Å². The van der Waals surface area contributed by atoms with Crippen molar-refractivity contribution in [2.75, 3.05) is 0 Å². The Balaban J connectivity index is 2.15. The predicted octanol–water partition coefficient (Wildman–Crippen LogP) is 4.79. The van der Waals surface area contributed by atoms with Crippen LogP contribution in [0.1, 0.15) is 5.56 Å². The molecular formula is C13H11BrClO4P. The highest BCUT2D eigenvalue weighted by Crippen LogP contribution is 2.46. The molecular weight excluding hydrogens is 366 g/mol. The second-order valence-electron chi connectivity index (χ2n) is 3.86. The quantitative estimate of drug-likeness (QED) is 0.601. The third-order valence-corrected chi connectivity index (χ3v) is 4.15. The molecule has 1 N–H and O–H groups in total. The van der Waals surface area contributed by atoms with Gasteiger partial charge in [0.15, 0.2) is 5.75 Å². The molecule has 0 aliphatic rings. The monoisotopic (exact) mass is 376 g/mol. The standard InChI is InChI=1S/C13H11BrClO4P/c14-9-10-4-3-5-11(8-10)18-20(16,17)19-13-7-2-1-6-12(13)15/h1-8H,9H2,(H,16,17). The molecule has 20 heavy (non-hydrogen) atoms. The van der Waals surface area contributed by atoms with Crippen molar-refractivity contribution in [2.45, 2.75) is 5.33 Å². The van der Waals surface area contributed by atoms with Crippen LogP contribution in [0.5, 0.6) is 11.5 Å². The van der Waals surface area contributed by atoms with Gasteiger partial charge >= 0.3 is 7.82 Å². The van der Waals surface area contributed by atoms with Crippen LogP contribution in [0.15, 0.2) is 48.5 Å². The van der Waals surface area contributed by atoms with Gasteiger partial charge in [0.2, 0.25) is 0 Å². The first-order chi connectivity index (χ1) is 9.50. The summed E-state index contributed by atoms with van der Waals surface area (Å²) in [5.41, 5.74) is 0.917. The summed E-state index contributed by atoms with van der Waals surface area (Å²) in [5, 5.41) is 0.852. The van der Waals surface area contributed by atoms with E-state index in [9.17, 15) is 9.46 Å². The second-order valence-corrected chi connectivity index (χ2v) is 6.13. The van der Waals surface area contributed by atoms with Gasteiger partial charge in [-0.1, -0.05) is 51.8 Å². The van der Waals surface area contributed by atoms with Crippen molar-refractivity contribution in [3.05, 3.63) is 59.1 Å². The van der Waals surface area contributed by atoms with E-state index < -0.39 is 7.82 Å². The summed E-state index contributed by atoms with van der Waals surface area (Å²) in [7, 11) is -4.29. The highest BCUT2D eigenvalue weighted by molar-refractivity contribution is 9.08. The Labute approximate surface area is 130 Å². The molecule has 2 rings (SSSR count). The van der Waals surface area contributed by atoms with Gasteiger partial charge in [-0.15, -0.1) is 0 Å². The lowest BCUT2D eigenvalue weighted by atomic mass is 10.2. The number of benzene rings is 2. The SMILES string of the molecule is O=P(O)(Oc1cccc(CBr)c1)Oc1ccccc1Cl. The van der Waals surface area contributed by atoms with Crippen LogP contribution in [0.2, 0.25) is 5.02 Å². The highest BCUT2D eigenvalue weighted by Gasteiger charge is 2.26. The molecule has 1 atom stereocenters. The molecule has 0 bridgehead atoms. The molecule has 0 fully saturated rings. The molecule has 4 nitrogen and oxygen atoms in total. The second kappa shape index (κ2) is 6.64. The summed E-state index contributed by atoms with van der Waals surface area (Å²) in [6.45, 7) is 0. The van der Waals surface area contributed by atoms with E-state index in [-0.39, 0.29) is 16.5 Å². The first-order valence-electron chi connectivity index (χ1n) is 5.61. The Hall–Kier alpha value is -1.00. The van der Waals surface area contributed by atoms with Crippen LogP contribution in [0.25, 0.3) is 0 Å². The summed E-state index contributed by atoms with van der Waals surface area (Å²) >= 11 is 9.16. The van der Waals surface area contributed by atoms with Gasteiger partial charge in [0.1, 0.15) is 5.75 Å². The van der Waals surface area contributed by atoms with Gasteiger partial charge in [0.25, 0.3) is 0 Å². The number of rotatable bonds is 5. The molecule has 0 saturated heterocycles. The fourth-order valence-corrected chi connectivity index (χ4v) is 2.88. The van der Waals surface area contributed by atoms with Gasteiger partial charge in [-0.2, -0.15) is 0 Å². The molecule has 0 saturated carbocycles. The van der Waals surface area contributed by atoms with Crippen molar-refractivity contribution in [3.8, 4) is 11.5 Å². The average molecular weight is 378 g/mol. The number of alkyl halides is 1. The van der Waals surface area contributed by atoms with Gasteiger partial charge in [0, 0.05) is 5.33 Å². The minimum absolute atomic E-state index is 0.0941. The maximum atomic E-state index is 11.9. The lowest BCUT2D eigenvalue weighted by Gasteiger charge is -2.14. The maximum Gasteiger partial charge on any atom is 0.584 e. The Bertz CT molecular complexity index is 650. The van der Waals surface area contributed by atoms with Crippen LogP contribution >= 0.6 is 35.4 Å². The average Bonchev–Trinajstić information content (AvgIpc) is 2.41. The van der Waals surface area contributed by atoms with Crippen LogP contribution in [0.3, 0.4) is 0 Å². The third-order valence-electron chi connectivity index (χ3n) is 2.32. The number of phosphoric ester groups is 1. The van der Waals surface area contributed by atoms with Crippen molar-refractivity contribution in [1.29, 1.82) is 0 Å². The zero-order chi connectivity index (χ0) is 14.6. The molecule has 7 heteroatoms. The summed E-state index contributed by atoms with van der Waals surface area (Å²) < 4.78 is 21.9. The molecule has 2 aromatic rings. The Kier molecular flexibility index (Phi) is 5.11. The van der Waals surface area contributed by atoms with E-state index in [1.54, 1.807) is 36.4 Å². The number of phosphoric acid groups is 1. The van der Waals surface area contributed by atoms with Crippen LogP contribution < -0.4 is 9.05 Å². The van der Waals surface area contributed by atoms with E-state index in [0.29, 0.717) is 5.33 Å². The van der Waals surface area contributed by atoms with E-state index in [1.165, 1.54) is 6.07 Å². The predicted molar refractivity (Wildman–Crippen MR) is 81.6 cm³/mol. The van der Waals surface area contributed by atoms with Gasteiger partial charge < -0.3 is 9.05 Å². The minimum atomic E-state index is -4.29. The van der Waals surface area contributed by atoms with Crippen LogP contribution in [0.4, 0.5) is 0 Å². The fourth-order valence-electron chi connectivity index (χ4n) is 1.48. The Morgan fingerprint density at radius 2 is 1.90 bits per heavy atom. The van der Waals surface area contributed by atoms with Crippen molar-refractivity contribution in [2.24, 2.45) is 0 Å². The maximum absolute atomic E-state index is 11.9.